The van der Waals surface area contributed by atoms with Crippen molar-refractivity contribution in [2.45, 2.75) is 25.3 Å². The summed E-state index contributed by atoms with van der Waals surface area (Å²) < 4.78 is 0. The quantitative estimate of drug-likeness (QED) is 0.379. The number of hydrogen-bond acceptors (Lipinski definition) is 0. The first-order valence-electron chi connectivity index (χ1n) is 5.23. The molecule has 0 bridgehead atoms. The van der Waals surface area contributed by atoms with Gasteiger partial charge in [-0.1, -0.05) is 49.6 Å². The molecule has 0 aromatic heterocycles. The van der Waals surface area contributed by atoms with E-state index in [1.807, 2.05) is 24.3 Å². The van der Waals surface area contributed by atoms with Crippen LogP contribution in [0.4, 0.5) is 0 Å². The van der Waals surface area contributed by atoms with Gasteiger partial charge in [0.15, 0.2) is 0 Å². The van der Waals surface area contributed by atoms with Crippen molar-refractivity contribution in [3.63, 3.8) is 0 Å². The van der Waals surface area contributed by atoms with Crippen molar-refractivity contribution in [2.75, 3.05) is 0 Å². The van der Waals surface area contributed by atoms with Gasteiger partial charge in [0.2, 0.25) is 0 Å². The van der Waals surface area contributed by atoms with Gasteiger partial charge in [0, 0.05) is 0 Å². The summed E-state index contributed by atoms with van der Waals surface area (Å²) in [4.78, 5) is 0. The van der Waals surface area contributed by atoms with E-state index in [9.17, 15) is 0 Å². The van der Waals surface area contributed by atoms with E-state index in [4.69, 9.17) is 0 Å². The molecule has 0 amide bonds. The van der Waals surface area contributed by atoms with Crippen molar-refractivity contribution < 1.29 is 0 Å². The minimum atomic E-state index is 0.640. The van der Waals surface area contributed by atoms with Gasteiger partial charge in [-0.15, -0.1) is 26.3 Å². The van der Waals surface area contributed by atoms with Crippen molar-refractivity contribution in [3.8, 4) is 0 Å². The van der Waals surface area contributed by atoms with Gasteiger partial charge in [-0.05, 0) is 0 Å². The van der Waals surface area contributed by atoms with Gasteiger partial charge in [-0.2, -0.15) is 0 Å². The molecule has 0 unspecified atom stereocenters. The molecule has 0 nitrogen and oxygen atoms in total. The minimum absolute atomic E-state index is 0.640. The Bertz CT molecular complexity index is 154. The molecule has 14 heavy (non-hydrogen) atoms. The van der Waals surface area contributed by atoms with Crippen LogP contribution >= 0.6 is 0 Å². The normalized spacial score (nSPS) is 8.86. The third-order valence-corrected chi connectivity index (χ3v) is 2.54. The fraction of sp³-hybridized carbons (Fsp3) is 0.333. The summed E-state index contributed by atoms with van der Waals surface area (Å²) in [5.74, 6) is 0. The first-order valence-corrected chi connectivity index (χ1v) is 5.23. The highest BCUT2D eigenvalue weighted by Gasteiger charge is 2.23. The van der Waals surface area contributed by atoms with Gasteiger partial charge in [0.25, 0.3) is 0 Å². The summed E-state index contributed by atoms with van der Waals surface area (Å²) in [7, 11) is 0. The Labute approximate surface area is 89.6 Å². The van der Waals surface area contributed by atoms with Crippen LogP contribution in [-0.2, 0) is 0 Å². The molecule has 74 valence electrons. The van der Waals surface area contributed by atoms with Crippen LogP contribution in [0.1, 0.15) is 0 Å². The predicted molar refractivity (Wildman–Crippen MR) is 71.5 cm³/mol. The maximum atomic E-state index is 3.80. The Morgan fingerprint density at radius 2 is 0.786 bits per heavy atom. The van der Waals surface area contributed by atoms with Gasteiger partial charge >= 0.3 is 0 Å². The summed E-state index contributed by atoms with van der Waals surface area (Å²) in [5, 5.41) is 0. The van der Waals surface area contributed by atoms with E-state index >= 15 is 0 Å². The molecule has 0 aliphatic carbocycles. The second kappa shape index (κ2) is 8.68. The van der Waals surface area contributed by atoms with Gasteiger partial charge in [-0.3, -0.25) is 0 Å². The smallest absolute Gasteiger partial charge is 0.104 e. The van der Waals surface area contributed by atoms with E-state index in [2.05, 4.69) is 26.3 Å². The molecule has 0 aromatic rings. The SMILES string of the molecule is C=CCB(CC=C)B(CC=C)CC=C. The van der Waals surface area contributed by atoms with Crippen LogP contribution in [0.25, 0.3) is 0 Å². The zero-order valence-corrected chi connectivity index (χ0v) is 9.12. The van der Waals surface area contributed by atoms with Crippen molar-refractivity contribution >= 4 is 13.2 Å². The Kier molecular flexibility index (Phi) is 8.11. The van der Waals surface area contributed by atoms with Crippen LogP contribution in [-0.4, -0.2) is 13.2 Å². The Hall–Kier alpha value is -0.910. The van der Waals surface area contributed by atoms with Gasteiger partial charge < -0.3 is 0 Å². The molecular formula is C12H20B2. The summed E-state index contributed by atoms with van der Waals surface area (Å²) >= 11 is 0. The molecule has 0 aromatic carbocycles. The van der Waals surface area contributed by atoms with E-state index in [1.165, 1.54) is 0 Å². The number of allylic oxidation sites excluding steroid dienone is 4. The van der Waals surface area contributed by atoms with Crippen molar-refractivity contribution in [1.82, 2.24) is 0 Å². The monoisotopic (exact) mass is 186 g/mol. The average molecular weight is 186 g/mol. The highest BCUT2D eigenvalue weighted by atomic mass is 13.8. The first kappa shape index (κ1) is 13.1. The van der Waals surface area contributed by atoms with Crippen molar-refractivity contribution in [2.24, 2.45) is 0 Å². The maximum Gasteiger partial charge on any atom is 0.119 e. The highest BCUT2D eigenvalue weighted by Crippen LogP contribution is 2.13. The number of rotatable bonds is 9. The molecule has 0 fully saturated rings. The second-order valence-corrected chi connectivity index (χ2v) is 3.62. The largest absolute Gasteiger partial charge is 0.119 e. The molecular weight excluding hydrogens is 166 g/mol. The van der Waals surface area contributed by atoms with E-state index in [0.717, 1.165) is 25.3 Å². The molecule has 0 radical (unpaired) electrons. The summed E-state index contributed by atoms with van der Waals surface area (Å²) in [6.45, 7) is 16.5. The number of hydrogen-bond donors (Lipinski definition) is 0. The fourth-order valence-corrected chi connectivity index (χ4v) is 1.82. The van der Waals surface area contributed by atoms with Crippen LogP contribution in [0, 0.1) is 0 Å². The zero-order valence-electron chi connectivity index (χ0n) is 9.12. The minimum Gasteiger partial charge on any atom is -0.104 e. The standard InChI is InChI=1S/C12H20B2/c1-5-9-13(10-6-2)14(11-7-3)12-8-4/h5-8H,1-4,9-12H2. The van der Waals surface area contributed by atoms with E-state index in [-0.39, 0.29) is 0 Å². The van der Waals surface area contributed by atoms with Gasteiger partial charge in [-0.25, -0.2) is 0 Å². The van der Waals surface area contributed by atoms with E-state index < -0.39 is 0 Å². The molecule has 0 saturated carbocycles. The summed E-state index contributed by atoms with van der Waals surface area (Å²) in [5.41, 5.74) is 0. The Balaban J connectivity index is 4.32. The fourth-order valence-electron chi connectivity index (χ4n) is 1.82. The molecule has 0 heterocycles. The van der Waals surface area contributed by atoms with Crippen molar-refractivity contribution in [3.05, 3.63) is 50.6 Å². The molecule has 0 N–H and O–H groups in total. The van der Waals surface area contributed by atoms with Gasteiger partial charge in [0.1, 0.15) is 13.2 Å². The Morgan fingerprint density at radius 1 is 0.571 bits per heavy atom. The molecule has 0 atom stereocenters. The van der Waals surface area contributed by atoms with Crippen molar-refractivity contribution in [1.29, 1.82) is 0 Å². The second-order valence-electron chi connectivity index (χ2n) is 3.62. The predicted octanol–water partition coefficient (Wildman–Crippen LogP) is 3.80. The van der Waals surface area contributed by atoms with Crippen LogP contribution in [0.3, 0.4) is 0 Å². The summed E-state index contributed by atoms with van der Waals surface area (Å²) in [6.07, 6.45) is 12.2. The molecule has 0 spiro atoms. The van der Waals surface area contributed by atoms with Gasteiger partial charge in [0.05, 0.1) is 0 Å². The lowest BCUT2D eigenvalue weighted by Crippen LogP contribution is -2.33. The lowest BCUT2D eigenvalue weighted by Gasteiger charge is -2.17. The molecule has 2 heteroatoms. The highest BCUT2D eigenvalue weighted by molar-refractivity contribution is 7.23. The van der Waals surface area contributed by atoms with Crippen LogP contribution < -0.4 is 0 Å². The van der Waals surface area contributed by atoms with E-state index in [0.29, 0.717) is 13.2 Å². The van der Waals surface area contributed by atoms with Crippen LogP contribution in [0.15, 0.2) is 50.6 Å². The van der Waals surface area contributed by atoms with Crippen LogP contribution in [0.2, 0.25) is 25.3 Å². The summed E-state index contributed by atoms with van der Waals surface area (Å²) in [6, 6.07) is 0. The molecule has 0 saturated heterocycles. The lowest BCUT2D eigenvalue weighted by molar-refractivity contribution is 1.51. The lowest BCUT2D eigenvalue weighted by atomic mass is 9.05. The third kappa shape index (κ3) is 4.96. The average Bonchev–Trinajstić information content (AvgIpc) is 2.17. The zero-order chi connectivity index (χ0) is 10.8. The maximum absolute atomic E-state index is 3.80. The molecule has 0 aliphatic rings. The molecule has 0 rings (SSSR count). The third-order valence-electron chi connectivity index (χ3n) is 2.54. The van der Waals surface area contributed by atoms with Crippen LogP contribution in [0.5, 0.6) is 0 Å². The van der Waals surface area contributed by atoms with E-state index in [1.54, 1.807) is 0 Å². The topological polar surface area (TPSA) is 0 Å². The Morgan fingerprint density at radius 3 is 0.929 bits per heavy atom. The molecule has 0 aliphatic heterocycles. The first-order chi connectivity index (χ1) is 6.79.